The minimum absolute atomic E-state index is 0.587. The molecule has 0 radical (unpaired) electrons. The van der Waals surface area contributed by atoms with Crippen molar-refractivity contribution < 1.29 is 4.74 Å². The zero-order valence-electron chi connectivity index (χ0n) is 10.5. The van der Waals surface area contributed by atoms with Gasteiger partial charge in [-0.05, 0) is 51.1 Å². The van der Waals surface area contributed by atoms with Crippen LogP contribution in [0.2, 0.25) is 0 Å². The van der Waals surface area contributed by atoms with E-state index in [1.54, 1.807) is 6.07 Å². The number of ether oxygens (including phenoxy) is 1. The molecule has 4 heteroatoms. The number of nitrogens with zero attached hydrogens (tertiary/aromatic N) is 2. The number of hydrogen-bond donors (Lipinski definition) is 0. The topological polar surface area (TPSA) is 36.3 Å². The van der Waals surface area contributed by atoms with E-state index in [2.05, 4.69) is 33.9 Å². The molecule has 3 nitrogen and oxygen atoms in total. The number of benzene rings is 1. The van der Waals surface area contributed by atoms with Crippen molar-refractivity contribution in [3.63, 3.8) is 0 Å². The fraction of sp³-hybridized carbons (Fsp3) is 0.500. The van der Waals surface area contributed by atoms with Crippen molar-refractivity contribution in [1.29, 1.82) is 5.26 Å². The average molecular weight is 309 g/mol. The lowest BCUT2D eigenvalue weighted by Crippen LogP contribution is -2.26. The van der Waals surface area contributed by atoms with Gasteiger partial charge in [0.2, 0.25) is 0 Å². The fourth-order valence-electron chi connectivity index (χ4n) is 2.36. The van der Waals surface area contributed by atoms with Gasteiger partial charge in [-0.3, -0.25) is 0 Å². The SMILES string of the molecule is CN1CCCC1CCOc1ccc(Br)cc1C#N. The molecule has 1 saturated heterocycles. The molecule has 0 saturated carbocycles. The second-order valence-corrected chi connectivity index (χ2v) is 5.58. The Balaban J connectivity index is 1.88. The summed E-state index contributed by atoms with van der Waals surface area (Å²) < 4.78 is 6.63. The summed E-state index contributed by atoms with van der Waals surface area (Å²) in [6, 6.07) is 8.33. The fourth-order valence-corrected chi connectivity index (χ4v) is 2.73. The summed E-state index contributed by atoms with van der Waals surface area (Å²) >= 11 is 3.35. The van der Waals surface area contributed by atoms with Crippen LogP contribution >= 0.6 is 15.9 Å². The highest BCUT2D eigenvalue weighted by Gasteiger charge is 2.20. The maximum atomic E-state index is 9.04. The lowest BCUT2D eigenvalue weighted by molar-refractivity contribution is 0.233. The van der Waals surface area contributed by atoms with E-state index in [9.17, 15) is 0 Å². The van der Waals surface area contributed by atoms with Crippen LogP contribution in [0, 0.1) is 11.3 Å². The summed E-state index contributed by atoms with van der Waals surface area (Å²) in [6.45, 7) is 1.86. The molecule has 1 aliphatic rings. The summed E-state index contributed by atoms with van der Waals surface area (Å²) in [5.74, 6) is 0.682. The van der Waals surface area contributed by atoms with Gasteiger partial charge >= 0.3 is 0 Å². The number of nitriles is 1. The van der Waals surface area contributed by atoms with E-state index < -0.39 is 0 Å². The first-order chi connectivity index (χ1) is 8.70. The van der Waals surface area contributed by atoms with E-state index in [0.29, 0.717) is 24.0 Å². The Hall–Kier alpha value is -1.05. The van der Waals surface area contributed by atoms with Crippen molar-refractivity contribution in [3.8, 4) is 11.8 Å². The third-order valence-electron chi connectivity index (χ3n) is 3.44. The highest BCUT2D eigenvalue weighted by atomic mass is 79.9. The summed E-state index contributed by atoms with van der Waals surface area (Å²) in [6.07, 6.45) is 3.56. The van der Waals surface area contributed by atoms with Crippen molar-refractivity contribution in [2.45, 2.75) is 25.3 Å². The van der Waals surface area contributed by atoms with E-state index in [1.807, 2.05) is 12.1 Å². The summed E-state index contributed by atoms with van der Waals surface area (Å²) in [7, 11) is 2.16. The lowest BCUT2D eigenvalue weighted by atomic mass is 10.1. The predicted octanol–water partition coefficient (Wildman–Crippen LogP) is 3.18. The van der Waals surface area contributed by atoms with Gasteiger partial charge in [-0.15, -0.1) is 0 Å². The van der Waals surface area contributed by atoms with E-state index >= 15 is 0 Å². The van der Waals surface area contributed by atoms with Crippen LogP contribution in [0.25, 0.3) is 0 Å². The average Bonchev–Trinajstić information content (AvgIpc) is 2.77. The monoisotopic (exact) mass is 308 g/mol. The Morgan fingerprint density at radius 1 is 1.56 bits per heavy atom. The van der Waals surface area contributed by atoms with E-state index in [4.69, 9.17) is 10.00 Å². The molecule has 1 aromatic rings. The molecular weight excluding hydrogens is 292 g/mol. The van der Waals surface area contributed by atoms with Crippen LogP contribution in [-0.4, -0.2) is 31.1 Å². The molecule has 2 rings (SSSR count). The molecule has 1 fully saturated rings. The molecule has 0 bridgehead atoms. The number of hydrogen-bond acceptors (Lipinski definition) is 3. The van der Waals surface area contributed by atoms with Crippen LogP contribution < -0.4 is 4.74 Å². The van der Waals surface area contributed by atoms with Gasteiger partial charge in [0.1, 0.15) is 11.8 Å². The minimum Gasteiger partial charge on any atom is -0.492 e. The zero-order chi connectivity index (χ0) is 13.0. The van der Waals surface area contributed by atoms with Gasteiger partial charge in [-0.2, -0.15) is 5.26 Å². The van der Waals surface area contributed by atoms with Gasteiger partial charge < -0.3 is 9.64 Å². The molecule has 1 unspecified atom stereocenters. The Kier molecular flexibility index (Phi) is 4.62. The molecule has 1 heterocycles. The molecule has 0 spiro atoms. The maximum absolute atomic E-state index is 9.04. The highest BCUT2D eigenvalue weighted by molar-refractivity contribution is 9.10. The second-order valence-electron chi connectivity index (χ2n) is 4.67. The third kappa shape index (κ3) is 3.24. The normalized spacial score (nSPS) is 19.7. The van der Waals surface area contributed by atoms with Gasteiger partial charge in [-0.1, -0.05) is 15.9 Å². The molecule has 1 atom stereocenters. The first kappa shape index (κ1) is 13.4. The minimum atomic E-state index is 0.587. The Labute approximate surface area is 116 Å². The number of halogens is 1. The van der Waals surface area contributed by atoms with Crippen LogP contribution in [0.15, 0.2) is 22.7 Å². The smallest absolute Gasteiger partial charge is 0.137 e. The Morgan fingerprint density at radius 3 is 3.06 bits per heavy atom. The van der Waals surface area contributed by atoms with Gasteiger partial charge in [-0.25, -0.2) is 0 Å². The molecule has 0 N–H and O–H groups in total. The van der Waals surface area contributed by atoms with Crippen molar-refractivity contribution in [2.24, 2.45) is 0 Å². The van der Waals surface area contributed by atoms with Crippen molar-refractivity contribution >= 4 is 15.9 Å². The van der Waals surface area contributed by atoms with Crippen LogP contribution in [0.1, 0.15) is 24.8 Å². The Morgan fingerprint density at radius 2 is 2.39 bits per heavy atom. The zero-order valence-corrected chi connectivity index (χ0v) is 12.1. The summed E-state index contributed by atoms with van der Waals surface area (Å²) in [4.78, 5) is 2.39. The molecule has 0 amide bonds. The van der Waals surface area contributed by atoms with Gasteiger partial charge in [0.15, 0.2) is 0 Å². The van der Waals surface area contributed by atoms with E-state index in [1.165, 1.54) is 19.4 Å². The van der Waals surface area contributed by atoms with Gasteiger partial charge in [0.25, 0.3) is 0 Å². The van der Waals surface area contributed by atoms with E-state index in [-0.39, 0.29) is 0 Å². The molecular formula is C14H17BrN2O. The van der Waals surface area contributed by atoms with Crippen LogP contribution in [-0.2, 0) is 0 Å². The van der Waals surface area contributed by atoms with Crippen LogP contribution in [0.3, 0.4) is 0 Å². The first-order valence-electron chi connectivity index (χ1n) is 6.23. The van der Waals surface area contributed by atoms with Crippen LogP contribution in [0.5, 0.6) is 5.75 Å². The molecule has 18 heavy (non-hydrogen) atoms. The third-order valence-corrected chi connectivity index (χ3v) is 3.94. The lowest BCUT2D eigenvalue weighted by Gasteiger charge is -2.19. The number of likely N-dealkylation sites (tertiary alicyclic amines) is 1. The molecule has 1 aliphatic heterocycles. The molecule has 96 valence electrons. The van der Waals surface area contributed by atoms with Gasteiger partial charge in [0, 0.05) is 10.5 Å². The largest absolute Gasteiger partial charge is 0.492 e. The summed E-state index contributed by atoms with van der Waals surface area (Å²) in [5.41, 5.74) is 0.587. The van der Waals surface area contributed by atoms with Gasteiger partial charge in [0.05, 0.1) is 12.2 Å². The molecule has 0 aliphatic carbocycles. The van der Waals surface area contributed by atoms with Crippen molar-refractivity contribution in [1.82, 2.24) is 4.90 Å². The van der Waals surface area contributed by atoms with Crippen LogP contribution in [0.4, 0.5) is 0 Å². The predicted molar refractivity (Wildman–Crippen MR) is 74.6 cm³/mol. The quantitative estimate of drug-likeness (QED) is 0.857. The second kappa shape index (κ2) is 6.21. The highest BCUT2D eigenvalue weighted by Crippen LogP contribution is 2.23. The standard InChI is InChI=1S/C14H17BrN2O/c1-17-7-2-3-13(17)6-8-18-14-5-4-12(15)9-11(14)10-16/h4-5,9,13H,2-3,6-8H2,1H3. The Bertz CT molecular complexity index is 456. The maximum Gasteiger partial charge on any atom is 0.137 e. The molecule has 1 aromatic carbocycles. The van der Waals surface area contributed by atoms with Crippen molar-refractivity contribution in [2.75, 3.05) is 20.2 Å². The summed E-state index contributed by atoms with van der Waals surface area (Å²) in [5, 5.41) is 9.04. The van der Waals surface area contributed by atoms with Crippen molar-refractivity contribution in [3.05, 3.63) is 28.2 Å². The van der Waals surface area contributed by atoms with E-state index in [0.717, 1.165) is 10.9 Å². The molecule has 0 aromatic heterocycles. The number of rotatable bonds is 4. The first-order valence-corrected chi connectivity index (χ1v) is 7.02.